The zero-order valence-electron chi connectivity index (χ0n) is 20.5. The van der Waals surface area contributed by atoms with Gasteiger partial charge in [0, 0.05) is 14.2 Å². The second-order valence-electron chi connectivity index (χ2n) is 8.75. The van der Waals surface area contributed by atoms with Gasteiger partial charge >= 0.3 is 0 Å². The number of hydrogen-bond acceptors (Lipinski definition) is 5. The minimum Gasteiger partial charge on any atom is -0.545 e. The predicted octanol–water partition coefficient (Wildman–Crippen LogP) is 4.59. The van der Waals surface area contributed by atoms with Crippen LogP contribution in [0.4, 0.5) is 0 Å². The molecule has 5 heteroatoms. The van der Waals surface area contributed by atoms with Gasteiger partial charge in [0.15, 0.2) is 0 Å². The Labute approximate surface area is 191 Å². The van der Waals surface area contributed by atoms with Gasteiger partial charge in [0.2, 0.25) is 0 Å². The molecule has 0 aromatic heterocycles. The lowest BCUT2D eigenvalue weighted by Crippen LogP contribution is -2.22. The normalized spacial score (nSPS) is 17.8. The van der Waals surface area contributed by atoms with Gasteiger partial charge in [0.1, 0.15) is 0 Å². The van der Waals surface area contributed by atoms with E-state index in [2.05, 4.69) is 17.9 Å². The van der Waals surface area contributed by atoms with E-state index in [0.29, 0.717) is 0 Å². The lowest BCUT2D eigenvalue weighted by atomic mass is 9.76. The van der Waals surface area contributed by atoms with Crippen LogP contribution >= 0.6 is 0 Å². The maximum atomic E-state index is 9.49. The number of ether oxygens (including phenoxy) is 1. The number of rotatable bonds is 3. The summed E-state index contributed by atoms with van der Waals surface area (Å²) in [5.74, 6) is -0.151. The summed E-state index contributed by atoms with van der Waals surface area (Å²) in [5, 5.41) is 19.0. The van der Waals surface area contributed by atoms with E-state index in [0.717, 1.165) is 11.8 Å². The molecule has 31 heavy (non-hydrogen) atoms. The molecule has 2 rings (SSSR count). The van der Waals surface area contributed by atoms with Crippen LogP contribution in [-0.4, -0.2) is 26.2 Å². The van der Waals surface area contributed by atoms with Crippen molar-refractivity contribution in [3.8, 4) is 0 Å². The Morgan fingerprint density at radius 1 is 0.613 bits per heavy atom. The predicted molar refractivity (Wildman–Crippen MR) is 124 cm³/mol. The molecule has 0 bridgehead atoms. The molecule has 0 atom stereocenters. The van der Waals surface area contributed by atoms with Gasteiger partial charge < -0.3 is 24.5 Å². The molecule has 0 unspecified atom stereocenters. The first kappa shape index (κ1) is 31.6. The zero-order valence-corrected chi connectivity index (χ0v) is 20.5. The minimum absolute atomic E-state index is 0.0648. The molecule has 2 fully saturated rings. The van der Waals surface area contributed by atoms with Crippen LogP contribution in [0.1, 0.15) is 104 Å². The Morgan fingerprint density at radius 2 is 0.774 bits per heavy atom. The standard InChI is InChI=1S/C16H30.2C4H6O2.C2H6O/c1-3-7-11-15(12-8-4-1)16-13-9-5-2-6-10-14-16;2*1-3(2)4(5)6;1-3-2/h15-16H,1-14H2;2*1H2,2H3,(H,5,6);1-2H3/p-2. The van der Waals surface area contributed by atoms with Crippen molar-refractivity contribution in [2.45, 2.75) is 104 Å². The molecule has 0 N–H and O–H groups in total. The topological polar surface area (TPSA) is 89.5 Å². The fraction of sp³-hybridized carbons (Fsp3) is 0.769. The van der Waals surface area contributed by atoms with Crippen molar-refractivity contribution in [1.82, 2.24) is 0 Å². The highest BCUT2D eigenvalue weighted by Crippen LogP contribution is 2.35. The van der Waals surface area contributed by atoms with Gasteiger partial charge in [-0.15, -0.1) is 0 Å². The molecular weight excluding hydrogens is 392 g/mol. The molecule has 0 saturated heterocycles. The summed E-state index contributed by atoms with van der Waals surface area (Å²) < 4.78 is 4.25. The summed E-state index contributed by atoms with van der Waals surface area (Å²) in [6, 6.07) is 0. The number of carbonyl (C=O) groups excluding carboxylic acids is 2. The Bertz CT molecular complexity index is 414. The van der Waals surface area contributed by atoms with Gasteiger partial charge in [0.05, 0.1) is 11.9 Å². The third-order valence-electron chi connectivity index (χ3n) is 5.66. The smallest absolute Gasteiger partial charge is 0.0666 e. The van der Waals surface area contributed by atoms with Crippen LogP contribution in [0, 0.1) is 11.8 Å². The number of aliphatic carboxylic acids is 2. The molecule has 0 amide bonds. The van der Waals surface area contributed by atoms with E-state index in [1.165, 1.54) is 78.1 Å². The van der Waals surface area contributed by atoms with E-state index in [1.807, 2.05) is 0 Å². The highest BCUT2D eigenvalue weighted by Gasteiger charge is 2.22. The number of hydrogen-bond donors (Lipinski definition) is 0. The average molecular weight is 439 g/mol. The zero-order chi connectivity index (χ0) is 24.1. The molecule has 0 aliphatic heterocycles. The van der Waals surface area contributed by atoms with Crippen molar-refractivity contribution < 1.29 is 24.5 Å². The summed E-state index contributed by atoms with van der Waals surface area (Å²) in [5.41, 5.74) is 0.130. The summed E-state index contributed by atoms with van der Waals surface area (Å²) in [7, 11) is 3.25. The van der Waals surface area contributed by atoms with E-state index >= 15 is 0 Å². The first-order chi connectivity index (χ1) is 14.7. The summed E-state index contributed by atoms with van der Waals surface area (Å²) in [4.78, 5) is 19.0. The maximum absolute atomic E-state index is 9.49. The largest absolute Gasteiger partial charge is 0.545 e. The Balaban J connectivity index is 0. The van der Waals surface area contributed by atoms with Gasteiger partial charge in [-0.25, -0.2) is 0 Å². The van der Waals surface area contributed by atoms with Crippen LogP contribution in [0.5, 0.6) is 0 Å². The molecule has 0 aromatic rings. The molecule has 0 radical (unpaired) electrons. The molecule has 5 nitrogen and oxygen atoms in total. The van der Waals surface area contributed by atoms with E-state index < -0.39 is 11.9 Å². The fourth-order valence-electron chi connectivity index (χ4n) is 3.92. The quantitative estimate of drug-likeness (QED) is 0.601. The Kier molecular flexibility index (Phi) is 22.0. The average Bonchev–Trinajstić information content (AvgIpc) is 2.63. The van der Waals surface area contributed by atoms with Crippen LogP contribution in [0.2, 0.25) is 0 Å². The number of carbonyl (C=O) groups is 2. The maximum Gasteiger partial charge on any atom is 0.0666 e. The van der Waals surface area contributed by atoms with Crippen molar-refractivity contribution in [2.75, 3.05) is 14.2 Å². The molecule has 2 aliphatic carbocycles. The van der Waals surface area contributed by atoms with Crippen molar-refractivity contribution >= 4 is 11.9 Å². The van der Waals surface area contributed by atoms with Crippen LogP contribution in [0.15, 0.2) is 24.3 Å². The molecule has 0 spiro atoms. The summed E-state index contributed by atoms with van der Waals surface area (Å²) >= 11 is 0. The lowest BCUT2D eigenvalue weighted by Gasteiger charge is -2.30. The van der Waals surface area contributed by atoms with E-state index in [1.54, 1.807) is 39.9 Å². The third-order valence-corrected chi connectivity index (χ3v) is 5.66. The van der Waals surface area contributed by atoms with Gasteiger partial charge in [-0.1, -0.05) is 103 Å². The monoisotopic (exact) mass is 438 g/mol. The SMILES string of the molecule is C1CCCC(C2CCCCCCC2)CCC1.C=C(C)C(=O)[O-].C=C(C)C(=O)[O-].COC. The van der Waals surface area contributed by atoms with Crippen LogP contribution in [0.25, 0.3) is 0 Å². The highest BCUT2D eigenvalue weighted by atomic mass is 16.4. The first-order valence-corrected chi connectivity index (χ1v) is 11.8. The van der Waals surface area contributed by atoms with Crippen LogP contribution in [0.3, 0.4) is 0 Å². The minimum atomic E-state index is -1.19. The van der Waals surface area contributed by atoms with Crippen molar-refractivity contribution in [3.05, 3.63) is 24.3 Å². The number of carboxylic acid groups (broad SMARTS) is 2. The second kappa shape index (κ2) is 21.6. The molecule has 2 saturated carbocycles. The van der Waals surface area contributed by atoms with Gasteiger partial charge in [-0.3, -0.25) is 0 Å². The first-order valence-electron chi connectivity index (χ1n) is 11.8. The number of methoxy groups -OCH3 is 1. The molecule has 0 heterocycles. The number of carboxylic acids is 2. The van der Waals surface area contributed by atoms with E-state index in [9.17, 15) is 19.8 Å². The van der Waals surface area contributed by atoms with Crippen LogP contribution < -0.4 is 10.2 Å². The Morgan fingerprint density at radius 3 is 0.935 bits per heavy atom. The molecule has 0 aromatic carbocycles. The van der Waals surface area contributed by atoms with Crippen molar-refractivity contribution in [3.63, 3.8) is 0 Å². The van der Waals surface area contributed by atoms with Crippen LogP contribution in [-0.2, 0) is 14.3 Å². The highest BCUT2D eigenvalue weighted by molar-refractivity contribution is 5.83. The molecular formula is C26H46O5-2. The second-order valence-corrected chi connectivity index (χ2v) is 8.75. The Hall–Kier alpha value is -1.62. The van der Waals surface area contributed by atoms with Crippen molar-refractivity contribution in [2.24, 2.45) is 11.8 Å². The molecule has 2 aliphatic rings. The lowest BCUT2D eigenvalue weighted by molar-refractivity contribution is -0.300. The van der Waals surface area contributed by atoms with E-state index in [4.69, 9.17) is 0 Å². The van der Waals surface area contributed by atoms with Gasteiger partial charge in [-0.05, 0) is 36.8 Å². The summed E-state index contributed by atoms with van der Waals surface area (Å²) in [6.07, 6.45) is 21.4. The van der Waals surface area contributed by atoms with Gasteiger partial charge in [-0.2, -0.15) is 0 Å². The van der Waals surface area contributed by atoms with E-state index in [-0.39, 0.29) is 11.1 Å². The summed E-state index contributed by atoms with van der Waals surface area (Å²) in [6.45, 7) is 8.95. The van der Waals surface area contributed by atoms with Crippen molar-refractivity contribution in [1.29, 1.82) is 0 Å². The fourth-order valence-corrected chi connectivity index (χ4v) is 3.92. The third kappa shape index (κ3) is 21.4. The molecule has 182 valence electrons. The van der Waals surface area contributed by atoms with Gasteiger partial charge in [0.25, 0.3) is 0 Å².